The van der Waals surface area contributed by atoms with Crippen LogP contribution in [0.3, 0.4) is 0 Å². The number of carbonyl (C=O) groups excluding carboxylic acids is 1. The van der Waals surface area contributed by atoms with Gasteiger partial charge in [0.2, 0.25) is 17.4 Å². The minimum absolute atomic E-state index is 0.118. The zero-order chi connectivity index (χ0) is 29.5. The minimum atomic E-state index is -5.21. The molecule has 2 atom stereocenters. The topological polar surface area (TPSA) is 342 Å². The molecule has 0 aromatic heterocycles. The molecule has 1 aromatic rings. The number of ether oxygens (including phenoxy) is 2. The maximum atomic E-state index is 13.1. The number of carbonyl (C=O) groups is 1. The molecule has 1 saturated heterocycles. The smallest absolute Gasteiger partial charge is 0.453 e. The van der Waals surface area contributed by atoms with E-state index in [1.165, 1.54) is 0 Å². The molecule has 0 saturated carbocycles. The van der Waals surface area contributed by atoms with Crippen molar-refractivity contribution in [3.05, 3.63) is 23.3 Å². The summed E-state index contributed by atoms with van der Waals surface area (Å²) in [6.07, 6.45) is -3.81. The normalized spacial score (nSPS) is 25.1. The molecule has 2 aliphatic heterocycles. The van der Waals surface area contributed by atoms with Crippen LogP contribution < -0.4 is 9.47 Å². The van der Waals surface area contributed by atoms with Crippen LogP contribution in [0.1, 0.15) is 17.2 Å². The van der Waals surface area contributed by atoms with Crippen LogP contribution in [0.2, 0.25) is 0 Å². The van der Waals surface area contributed by atoms with E-state index in [-0.39, 0.29) is 23.3 Å². The van der Waals surface area contributed by atoms with Crippen LogP contribution in [0.5, 0.6) is 11.5 Å². The van der Waals surface area contributed by atoms with Crippen LogP contribution in [0.15, 0.2) is 12.1 Å². The summed E-state index contributed by atoms with van der Waals surface area (Å²) >= 11 is 0. The molecule has 2 heterocycles. The van der Waals surface area contributed by atoms with Gasteiger partial charge in [0.25, 0.3) is 5.60 Å². The number of benzene rings is 1. The van der Waals surface area contributed by atoms with Crippen LogP contribution in [0, 0.1) is 0 Å². The van der Waals surface area contributed by atoms with Gasteiger partial charge in [0.1, 0.15) is 0 Å². The Balaban J connectivity index is 2.17. The molecule has 1 aromatic carbocycles. The number of nitrogens with zero attached hydrogens (tertiary/aromatic N) is 1. The maximum Gasteiger partial charge on any atom is 0.453 e. The summed E-state index contributed by atoms with van der Waals surface area (Å²) in [4.78, 5) is 13.9. The molecule has 19 heteroatoms. The van der Waals surface area contributed by atoms with Crippen molar-refractivity contribution in [2.45, 2.75) is 53.3 Å². The first-order valence-electron chi connectivity index (χ1n) is 10.4. The summed E-state index contributed by atoms with van der Waals surface area (Å²) < 4.78 is 9.53. The molecule has 0 radical (unpaired) electrons. The monoisotopic (exact) mass is 557 g/mol. The molecule has 19 nitrogen and oxygen atoms in total. The highest BCUT2D eigenvalue weighted by atomic mass is 16.9. The lowest BCUT2D eigenvalue weighted by molar-refractivity contribution is -0.553. The minimum Gasteiger partial charge on any atom is -0.493 e. The van der Waals surface area contributed by atoms with Crippen molar-refractivity contribution in [3.63, 3.8) is 0 Å². The average molecular weight is 557 g/mol. The standard InChI is InChI=1S/C19H27NO18/c1-37-9-5-8-7(4-10(9)38-19(34,35)36)2-3-20-6-13(22,12(21)14(23,24)11(8)20)16(26,27)15(25,17(28,29)30)18(31,32)33/h4-5,11,22-36H,2-3,6H2,1H3. The fourth-order valence-electron chi connectivity index (χ4n) is 4.76. The van der Waals surface area contributed by atoms with Crippen molar-refractivity contribution < 1.29 is 90.9 Å². The fraction of sp³-hybridized carbons (Fsp3) is 0.632. The Morgan fingerprint density at radius 2 is 1.39 bits per heavy atom. The van der Waals surface area contributed by atoms with Crippen molar-refractivity contribution in [3.8, 4) is 11.5 Å². The summed E-state index contributed by atoms with van der Waals surface area (Å²) in [6.45, 7) is -1.86. The largest absolute Gasteiger partial charge is 0.493 e. The quantitative estimate of drug-likeness (QED) is 0.138. The second-order valence-electron chi connectivity index (χ2n) is 9.07. The van der Waals surface area contributed by atoms with Gasteiger partial charge in [-0.25, -0.2) is 0 Å². The number of fused-ring (bicyclic) bond motifs is 3. The van der Waals surface area contributed by atoms with E-state index in [4.69, 9.17) is 20.1 Å². The SMILES string of the molecule is COc1cc2c(cc1OC(O)(O)O)CCN1CC(O)(C(O)(O)C(O)(C(O)(O)O)C(O)(O)O)C(=O)C(O)(O)C21. The molecule has 0 bridgehead atoms. The summed E-state index contributed by atoms with van der Waals surface area (Å²) in [6, 6.07) is 0.145. The Morgan fingerprint density at radius 3 is 1.84 bits per heavy atom. The third-order valence-corrected chi connectivity index (χ3v) is 6.58. The van der Waals surface area contributed by atoms with Crippen LogP contribution in [0.4, 0.5) is 0 Å². The van der Waals surface area contributed by atoms with Crippen molar-refractivity contribution in [1.82, 2.24) is 4.90 Å². The number of Topliss-reactive ketones (excluding diaryl/α,β-unsaturated/α-hetero) is 1. The molecule has 1 fully saturated rings. The van der Waals surface area contributed by atoms with Gasteiger partial charge in [0, 0.05) is 13.1 Å². The summed E-state index contributed by atoms with van der Waals surface area (Å²) in [5, 5.41) is 148. The maximum absolute atomic E-state index is 13.1. The van der Waals surface area contributed by atoms with E-state index < -0.39 is 71.5 Å². The molecule has 2 unspecified atom stereocenters. The zero-order valence-electron chi connectivity index (χ0n) is 19.2. The molecule has 2 aliphatic rings. The van der Waals surface area contributed by atoms with E-state index in [2.05, 4.69) is 4.74 Å². The van der Waals surface area contributed by atoms with E-state index in [1.54, 1.807) is 0 Å². The molecule has 0 aliphatic carbocycles. The van der Waals surface area contributed by atoms with Crippen molar-refractivity contribution in [2.75, 3.05) is 20.2 Å². The second-order valence-corrected chi connectivity index (χ2v) is 9.07. The zero-order valence-corrected chi connectivity index (χ0v) is 19.2. The van der Waals surface area contributed by atoms with Crippen molar-refractivity contribution >= 4 is 5.78 Å². The second kappa shape index (κ2) is 8.67. The predicted octanol–water partition coefficient (Wildman–Crippen LogP) is -8.77. The van der Waals surface area contributed by atoms with E-state index in [0.29, 0.717) is 0 Å². The lowest BCUT2D eigenvalue weighted by Crippen LogP contribution is -2.88. The van der Waals surface area contributed by atoms with Gasteiger partial charge in [-0.15, -0.1) is 0 Å². The molecule has 3 rings (SSSR count). The highest BCUT2D eigenvalue weighted by Crippen LogP contribution is 2.51. The first-order valence-corrected chi connectivity index (χ1v) is 10.4. The van der Waals surface area contributed by atoms with Gasteiger partial charge in [-0.2, -0.15) is 0 Å². The number of piperidine rings is 1. The number of methoxy groups -OCH3 is 1. The Labute approximate surface area is 210 Å². The summed E-state index contributed by atoms with van der Waals surface area (Å²) in [5.74, 6) is -22.3. The Bertz CT molecular complexity index is 1080. The molecule has 0 amide bonds. The molecular formula is C19H27NO18. The molecule has 38 heavy (non-hydrogen) atoms. The van der Waals surface area contributed by atoms with E-state index in [9.17, 15) is 66.1 Å². The van der Waals surface area contributed by atoms with E-state index in [0.717, 1.165) is 24.1 Å². The van der Waals surface area contributed by atoms with Crippen LogP contribution in [-0.2, 0) is 11.2 Å². The first-order chi connectivity index (χ1) is 16.9. The molecule has 216 valence electrons. The van der Waals surface area contributed by atoms with Crippen molar-refractivity contribution in [2.24, 2.45) is 0 Å². The van der Waals surface area contributed by atoms with Crippen LogP contribution in [-0.4, -0.2) is 148 Å². The van der Waals surface area contributed by atoms with Crippen LogP contribution in [0.25, 0.3) is 0 Å². The molecular weight excluding hydrogens is 530 g/mol. The number of aliphatic hydroxyl groups is 15. The fourth-order valence-corrected chi connectivity index (χ4v) is 4.76. The Kier molecular flexibility index (Phi) is 6.94. The van der Waals surface area contributed by atoms with Gasteiger partial charge in [-0.1, -0.05) is 0 Å². The number of hydrogen-bond acceptors (Lipinski definition) is 19. The highest BCUT2D eigenvalue weighted by molar-refractivity contribution is 5.96. The Morgan fingerprint density at radius 1 is 0.868 bits per heavy atom. The number of ketones is 1. The van der Waals surface area contributed by atoms with Gasteiger partial charge in [-0.3, -0.25) is 9.69 Å². The lowest BCUT2D eigenvalue weighted by Gasteiger charge is -2.58. The third-order valence-electron chi connectivity index (χ3n) is 6.58. The summed E-state index contributed by atoms with van der Waals surface area (Å²) in [5.41, 5.74) is -9.48. The predicted molar refractivity (Wildman–Crippen MR) is 109 cm³/mol. The van der Waals surface area contributed by atoms with E-state index in [1.807, 2.05) is 0 Å². The lowest BCUT2D eigenvalue weighted by atomic mass is 9.67. The Hall–Kier alpha value is -2.15. The average Bonchev–Trinajstić information content (AvgIpc) is 2.73. The van der Waals surface area contributed by atoms with Crippen molar-refractivity contribution in [1.29, 1.82) is 0 Å². The van der Waals surface area contributed by atoms with Gasteiger partial charge >= 0.3 is 18.1 Å². The van der Waals surface area contributed by atoms with Gasteiger partial charge in [-0.05, 0) is 29.7 Å². The van der Waals surface area contributed by atoms with Crippen LogP contribution >= 0.6 is 0 Å². The van der Waals surface area contributed by atoms with E-state index >= 15 is 0 Å². The van der Waals surface area contributed by atoms with Gasteiger partial charge in [0.15, 0.2) is 17.1 Å². The van der Waals surface area contributed by atoms with Gasteiger partial charge in [0.05, 0.1) is 13.2 Å². The van der Waals surface area contributed by atoms with Gasteiger partial charge < -0.3 is 86.1 Å². The first kappa shape index (κ1) is 30.4. The highest BCUT2D eigenvalue weighted by Gasteiger charge is 2.83. The molecule has 15 N–H and O–H groups in total. The molecule has 0 spiro atoms. The summed E-state index contributed by atoms with van der Waals surface area (Å²) in [7, 11) is 1.06. The number of hydrogen-bond donors (Lipinski definition) is 15. The number of rotatable bonds is 7. The third kappa shape index (κ3) is 4.24.